The van der Waals surface area contributed by atoms with Crippen LogP contribution in [0.2, 0.25) is 0 Å². The van der Waals surface area contributed by atoms with Crippen molar-refractivity contribution in [2.24, 2.45) is 0 Å². The van der Waals surface area contributed by atoms with Crippen LogP contribution in [-0.4, -0.2) is 3.21 Å². The molecule has 6 rings (SSSR count). The molecule has 2 aliphatic rings. The van der Waals surface area contributed by atoms with Gasteiger partial charge in [0, 0.05) is 0 Å². The van der Waals surface area contributed by atoms with Gasteiger partial charge in [0.05, 0.1) is 0 Å². The Kier molecular flexibility index (Phi) is 11.5. The normalized spacial score (nSPS) is 13.2. The Morgan fingerprint density at radius 2 is 1.24 bits per heavy atom. The first kappa shape index (κ1) is 36.5. The van der Waals surface area contributed by atoms with E-state index in [0.717, 1.165) is 25.7 Å². The van der Waals surface area contributed by atoms with Gasteiger partial charge in [-0.3, -0.25) is 0 Å². The van der Waals surface area contributed by atoms with Crippen molar-refractivity contribution in [2.75, 3.05) is 0 Å². The molecule has 0 aromatic heterocycles. The molecule has 0 unspecified atom stereocenters. The van der Waals surface area contributed by atoms with Crippen LogP contribution in [0, 0.1) is 13.8 Å². The molecule has 46 heavy (non-hydrogen) atoms. The average molecular weight is 727 g/mol. The van der Waals surface area contributed by atoms with Crippen LogP contribution in [-0.2, 0) is 51.4 Å². The molecular weight excluding hydrogens is 679 g/mol. The van der Waals surface area contributed by atoms with Crippen molar-refractivity contribution in [3.63, 3.8) is 0 Å². The van der Waals surface area contributed by atoms with Crippen LogP contribution in [0.3, 0.4) is 0 Å². The van der Waals surface area contributed by atoms with Crippen molar-refractivity contribution in [3.05, 3.63) is 145 Å². The Labute approximate surface area is 298 Å². The van der Waals surface area contributed by atoms with Crippen LogP contribution in [0.25, 0.3) is 11.1 Å². The first-order chi connectivity index (χ1) is 20.9. The average Bonchev–Trinajstić information content (AvgIpc) is 3.61. The van der Waals surface area contributed by atoms with Gasteiger partial charge in [0.2, 0.25) is 0 Å². The predicted octanol–water partition coefficient (Wildman–Crippen LogP) is 4.22. The number of aryl methyl sites for hydroxylation is 1. The van der Waals surface area contributed by atoms with Crippen LogP contribution in [0.5, 0.6) is 0 Å². The SMILES string of the molecule is Cc1cc2c(cc1C(C)(C)C)-c1cc(C(C)(C)C)c(C)[c]([Zr+2]([C]3=CC=CC3)=[C](Cc3ccccc3)Cc3ccccc3)c1C2.[Cl-].[Cl-]. The van der Waals surface area contributed by atoms with Crippen LogP contribution in [0.1, 0.15) is 92.5 Å². The molecule has 0 amide bonds. The third-order valence-electron chi connectivity index (χ3n) is 9.63. The van der Waals surface area contributed by atoms with Crippen molar-refractivity contribution < 1.29 is 46.1 Å². The minimum Gasteiger partial charge on any atom is -1.00 e. The Balaban J connectivity index is 0.00000240. The second kappa shape index (κ2) is 14.4. The molecule has 238 valence electrons. The quantitative estimate of drug-likeness (QED) is 0.246. The molecule has 0 bridgehead atoms. The molecule has 0 fully saturated rings. The van der Waals surface area contributed by atoms with Gasteiger partial charge in [0.15, 0.2) is 0 Å². The number of hydrogen-bond donors (Lipinski definition) is 0. The zero-order valence-electron chi connectivity index (χ0n) is 28.8. The number of rotatable bonds is 6. The summed E-state index contributed by atoms with van der Waals surface area (Å²) in [5.41, 5.74) is 15.2. The van der Waals surface area contributed by atoms with Gasteiger partial charge in [-0.1, -0.05) is 0 Å². The van der Waals surface area contributed by atoms with Gasteiger partial charge in [-0.15, -0.1) is 0 Å². The van der Waals surface area contributed by atoms with Gasteiger partial charge in [-0.2, -0.15) is 0 Å². The van der Waals surface area contributed by atoms with E-state index in [1.54, 1.807) is 20.9 Å². The standard InChI is InChI=1S/C23H29.C15H14.C5H5.2ClH.Zr/c1-14-9-16-11-17-10-15(2)21(23(6,7)8)13-19(17)18(16)12-20(14)22(3,4)5;1-3-8-14(9-4-1)12-7-13-15-10-5-2-6-11-15;1-2-4-5-3-1;;;/h9,12-13H,11H2,1-8H3;1-6,8-11H,12-13H2;1-3H,4H2;2*1H;/q;;;;;+2/p-2. The van der Waals surface area contributed by atoms with Gasteiger partial charge in [-0.25, -0.2) is 0 Å². The van der Waals surface area contributed by atoms with E-state index in [2.05, 4.69) is 152 Å². The van der Waals surface area contributed by atoms with E-state index in [-0.39, 0.29) is 35.6 Å². The van der Waals surface area contributed by atoms with Crippen LogP contribution in [0.4, 0.5) is 0 Å². The Bertz CT molecular complexity index is 1770. The van der Waals surface area contributed by atoms with E-state index in [9.17, 15) is 0 Å². The molecule has 0 aliphatic heterocycles. The Morgan fingerprint density at radius 1 is 0.696 bits per heavy atom. The van der Waals surface area contributed by atoms with Crippen molar-refractivity contribution in [2.45, 2.75) is 91.9 Å². The molecule has 3 heteroatoms. The van der Waals surface area contributed by atoms with Gasteiger partial charge in [-0.05, 0) is 0 Å². The van der Waals surface area contributed by atoms with E-state index in [1.807, 2.05) is 0 Å². The van der Waals surface area contributed by atoms with Crippen LogP contribution >= 0.6 is 0 Å². The Hall–Kier alpha value is -2.31. The fourth-order valence-corrected chi connectivity index (χ4v) is 16.3. The maximum atomic E-state index is 2.60. The van der Waals surface area contributed by atoms with Gasteiger partial charge in [0.25, 0.3) is 0 Å². The molecular formula is C43H48Cl2Zr. The van der Waals surface area contributed by atoms with E-state index in [0.29, 0.717) is 0 Å². The number of fused-ring (bicyclic) bond motifs is 3. The summed E-state index contributed by atoms with van der Waals surface area (Å²) in [4.78, 5) is 0. The maximum Gasteiger partial charge on any atom is -1.00 e. The number of halogens is 2. The summed E-state index contributed by atoms with van der Waals surface area (Å²) >= 11 is -2.60. The summed E-state index contributed by atoms with van der Waals surface area (Å²) in [6.45, 7) is 19.1. The molecule has 0 N–H and O–H groups in total. The smallest absolute Gasteiger partial charge is 1.00 e. The second-order valence-electron chi connectivity index (χ2n) is 15.1. The summed E-state index contributed by atoms with van der Waals surface area (Å²) < 4.78 is 5.28. The first-order valence-electron chi connectivity index (χ1n) is 16.4. The summed E-state index contributed by atoms with van der Waals surface area (Å²) in [7, 11) is 0. The van der Waals surface area contributed by atoms with Crippen molar-refractivity contribution in [3.8, 4) is 11.1 Å². The van der Waals surface area contributed by atoms with Crippen LogP contribution < -0.4 is 28.1 Å². The molecule has 0 saturated carbocycles. The zero-order chi connectivity index (χ0) is 31.2. The first-order valence-corrected chi connectivity index (χ1v) is 20.1. The van der Waals surface area contributed by atoms with Crippen LogP contribution in [0.15, 0.2) is 100 Å². The molecule has 0 nitrogen and oxygen atoms in total. The molecule has 0 spiro atoms. The maximum absolute atomic E-state index is 2.60. The number of allylic oxidation sites excluding steroid dienone is 4. The summed E-state index contributed by atoms with van der Waals surface area (Å²) in [5, 5.41) is 0. The summed E-state index contributed by atoms with van der Waals surface area (Å²) in [6.07, 6.45) is 11.5. The van der Waals surface area contributed by atoms with E-state index in [4.69, 9.17) is 0 Å². The van der Waals surface area contributed by atoms with Gasteiger partial charge in [0.1, 0.15) is 0 Å². The van der Waals surface area contributed by atoms with E-state index in [1.165, 1.54) is 44.5 Å². The van der Waals surface area contributed by atoms with E-state index < -0.39 is 21.3 Å². The zero-order valence-corrected chi connectivity index (χ0v) is 32.8. The van der Waals surface area contributed by atoms with Crippen molar-refractivity contribution in [1.29, 1.82) is 0 Å². The Morgan fingerprint density at radius 3 is 1.74 bits per heavy atom. The monoisotopic (exact) mass is 724 g/mol. The van der Waals surface area contributed by atoms with Gasteiger partial charge >= 0.3 is 276 Å². The fraction of sp³-hybridized carbons (Fsp3) is 0.326. The van der Waals surface area contributed by atoms with Crippen molar-refractivity contribution >= 4 is 6.48 Å². The third-order valence-corrected chi connectivity index (χ3v) is 17.6. The molecule has 4 aromatic carbocycles. The van der Waals surface area contributed by atoms with Gasteiger partial charge < -0.3 is 24.8 Å². The number of hydrogen-bond acceptors (Lipinski definition) is 0. The molecule has 0 heterocycles. The third kappa shape index (κ3) is 7.38. The molecule has 0 atom stereocenters. The minimum absolute atomic E-state index is 0. The van der Waals surface area contributed by atoms with Crippen molar-refractivity contribution in [1.82, 2.24) is 0 Å². The second-order valence-corrected chi connectivity index (χ2v) is 21.5. The molecule has 2 aliphatic carbocycles. The fourth-order valence-electron chi connectivity index (χ4n) is 7.66. The summed E-state index contributed by atoms with van der Waals surface area (Å²) in [6, 6.07) is 30.2. The molecule has 4 aromatic rings. The predicted molar refractivity (Wildman–Crippen MR) is 188 cm³/mol. The topological polar surface area (TPSA) is 0 Å². The largest absolute Gasteiger partial charge is 1.00 e. The number of benzene rings is 4. The van der Waals surface area contributed by atoms with E-state index >= 15 is 0 Å². The molecule has 0 saturated heterocycles. The minimum atomic E-state index is -2.60. The molecule has 0 radical (unpaired) electrons. The summed E-state index contributed by atoms with van der Waals surface area (Å²) in [5.74, 6) is 0.